The highest BCUT2D eigenvalue weighted by Gasteiger charge is 2.21. The van der Waals surface area contributed by atoms with Gasteiger partial charge in [0.15, 0.2) is 0 Å². The molecule has 11 heteroatoms. The molecule has 226 valence electrons. The maximum absolute atomic E-state index is 13.5. The molecule has 0 radical (unpaired) electrons. The first-order valence-corrected chi connectivity index (χ1v) is 15.1. The second kappa shape index (κ2) is 15.3. The van der Waals surface area contributed by atoms with E-state index in [-0.39, 0.29) is 22.4 Å². The van der Waals surface area contributed by atoms with E-state index in [9.17, 15) is 19.5 Å². The van der Waals surface area contributed by atoms with Gasteiger partial charge in [0.25, 0.3) is 11.8 Å². The third-order valence-corrected chi connectivity index (χ3v) is 8.47. The highest BCUT2D eigenvalue weighted by molar-refractivity contribution is 8.00. The topological polar surface area (TPSA) is 117 Å². The van der Waals surface area contributed by atoms with E-state index in [0.717, 1.165) is 4.90 Å². The Morgan fingerprint density at radius 3 is 2.41 bits per heavy atom. The van der Waals surface area contributed by atoms with Crippen molar-refractivity contribution in [3.05, 3.63) is 118 Å². The average Bonchev–Trinajstić information content (AvgIpc) is 3.02. The molecule has 0 saturated carbocycles. The zero-order valence-corrected chi connectivity index (χ0v) is 26.1. The summed E-state index contributed by atoms with van der Waals surface area (Å²) in [6.07, 6.45) is 1.99. The van der Waals surface area contributed by atoms with Crippen LogP contribution < -0.4 is 20.7 Å². The van der Waals surface area contributed by atoms with E-state index >= 15 is 0 Å². The summed E-state index contributed by atoms with van der Waals surface area (Å²) in [4.78, 5) is 40.3. The maximum atomic E-state index is 13.5. The van der Waals surface area contributed by atoms with Gasteiger partial charge in [0.2, 0.25) is 5.91 Å². The molecule has 0 heterocycles. The number of aromatic hydroxyl groups is 1. The van der Waals surface area contributed by atoms with Crippen molar-refractivity contribution in [1.82, 2.24) is 5.32 Å². The molecule has 0 aliphatic heterocycles. The molecule has 0 aromatic heterocycles. The Balaban J connectivity index is 1.54. The smallest absolute Gasteiger partial charge is 0.272 e. The number of ether oxygens (including phenoxy) is 1. The molecule has 4 rings (SSSR count). The fraction of sp³-hybridized carbons (Fsp3) is 0.121. The van der Waals surface area contributed by atoms with Gasteiger partial charge >= 0.3 is 0 Å². The number of anilines is 2. The molecule has 4 aromatic rings. The van der Waals surface area contributed by atoms with Crippen LogP contribution in [0.5, 0.6) is 11.5 Å². The van der Waals surface area contributed by atoms with Gasteiger partial charge in [0, 0.05) is 27.8 Å². The van der Waals surface area contributed by atoms with E-state index in [4.69, 9.17) is 27.9 Å². The maximum Gasteiger partial charge on any atom is 0.272 e. The summed E-state index contributed by atoms with van der Waals surface area (Å²) in [7, 11) is 1.44. The van der Waals surface area contributed by atoms with Crippen molar-refractivity contribution in [3.63, 3.8) is 0 Å². The highest BCUT2D eigenvalue weighted by atomic mass is 35.5. The Labute approximate surface area is 269 Å². The number of carbonyl (C=O) groups is 3. The summed E-state index contributed by atoms with van der Waals surface area (Å²) in [6.45, 7) is 1.90. The van der Waals surface area contributed by atoms with Gasteiger partial charge in [0.05, 0.1) is 28.1 Å². The number of phenols is 1. The van der Waals surface area contributed by atoms with Gasteiger partial charge in [-0.15, -0.1) is 11.8 Å². The number of carbonyl (C=O) groups excluding carboxylic acids is 3. The molecule has 0 bridgehead atoms. The van der Waals surface area contributed by atoms with Crippen molar-refractivity contribution in [2.75, 3.05) is 17.7 Å². The Morgan fingerprint density at radius 1 is 0.932 bits per heavy atom. The van der Waals surface area contributed by atoms with E-state index in [0.29, 0.717) is 39.7 Å². The summed E-state index contributed by atoms with van der Waals surface area (Å²) in [5.41, 5.74) is 1.65. The Hall–Kier alpha value is -4.44. The van der Waals surface area contributed by atoms with Gasteiger partial charge in [0.1, 0.15) is 17.2 Å². The summed E-state index contributed by atoms with van der Waals surface area (Å²) in [5.74, 6) is -1.02. The van der Waals surface area contributed by atoms with E-state index in [1.165, 1.54) is 37.1 Å². The molecular weight excluding hydrogens is 621 g/mol. The van der Waals surface area contributed by atoms with Crippen LogP contribution in [0.1, 0.15) is 29.3 Å². The van der Waals surface area contributed by atoms with Crippen molar-refractivity contribution in [2.24, 2.45) is 0 Å². The lowest BCUT2D eigenvalue weighted by Gasteiger charge is -2.17. The number of hydrogen-bond acceptors (Lipinski definition) is 6. The summed E-state index contributed by atoms with van der Waals surface area (Å²) < 4.78 is 5.35. The predicted octanol–water partition coefficient (Wildman–Crippen LogP) is 7.63. The Kier molecular flexibility index (Phi) is 11.3. The minimum absolute atomic E-state index is 0.0117. The Morgan fingerprint density at radius 2 is 1.68 bits per heavy atom. The number of nitrogens with one attached hydrogen (secondary N) is 3. The number of methoxy groups -OCH3 is 1. The Bertz CT molecular complexity index is 1700. The van der Waals surface area contributed by atoms with Crippen molar-refractivity contribution in [1.29, 1.82) is 0 Å². The van der Waals surface area contributed by atoms with Crippen LogP contribution in [0.2, 0.25) is 10.0 Å². The van der Waals surface area contributed by atoms with Gasteiger partial charge in [-0.25, -0.2) is 0 Å². The van der Waals surface area contributed by atoms with Crippen molar-refractivity contribution >= 4 is 70.1 Å². The molecule has 0 spiro atoms. The van der Waals surface area contributed by atoms with Gasteiger partial charge in [-0.2, -0.15) is 0 Å². The SMILES string of the molecule is CCC(Sc1cccc(NC(=O)/C(=C\c2ccc(O)cc2OC)NC(=O)c2ccccc2)c1)C(=O)Nc1cccc(Cl)c1Cl. The van der Waals surface area contributed by atoms with E-state index < -0.39 is 17.1 Å². The number of phenolic OH excluding ortho intramolecular Hbond substituents is 1. The third kappa shape index (κ3) is 8.57. The monoisotopic (exact) mass is 649 g/mol. The van der Waals surface area contributed by atoms with E-state index in [1.54, 1.807) is 72.8 Å². The van der Waals surface area contributed by atoms with Crippen LogP contribution in [-0.4, -0.2) is 35.2 Å². The van der Waals surface area contributed by atoms with E-state index in [1.807, 2.05) is 13.0 Å². The van der Waals surface area contributed by atoms with Gasteiger partial charge in [-0.3, -0.25) is 14.4 Å². The van der Waals surface area contributed by atoms with E-state index in [2.05, 4.69) is 16.0 Å². The molecule has 0 fully saturated rings. The molecule has 1 unspecified atom stereocenters. The number of amides is 3. The molecule has 0 aliphatic rings. The summed E-state index contributed by atoms with van der Waals surface area (Å²) in [5, 5.41) is 18.3. The molecular formula is C33H29Cl2N3O5S. The number of benzene rings is 4. The molecule has 3 amide bonds. The van der Waals surface area contributed by atoms with Crippen LogP contribution in [0.4, 0.5) is 11.4 Å². The van der Waals surface area contributed by atoms with Crippen LogP contribution in [0.25, 0.3) is 6.08 Å². The molecule has 4 aromatic carbocycles. The first-order chi connectivity index (χ1) is 21.2. The van der Waals surface area contributed by atoms with Crippen LogP contribution in [0.15, 0.2) is 102 Å². The van der Waals surface area contributed by atoms with Gasteiger partial charge < -0.3 is 25.8 Å². The number of rotatable bonds is 11. The number of thioether (sulfide) groups is 1. The summed E-state index contributed by atoms with van der Waals surface area (Å²) in [6, 6.07) is 25.0. The highest BCUT2D eigenvalue weighted by Crippen LogP contribution is 2.32. The zero-order chi connectivity index (χ0) is 31.6. The third-order valence-electron chi connectivity index (χ3n) is 6.29. The van der Waals surface area contributed by atoms with Crippen molar-refractivity contribution < 1.29 is 24.2 Å². The second-order valence-electron chi connectivity index (χ2n) is 9.39. The lowest BCUT2D eigenvalue weighted by molar-refractivity contribution is -0.116. The molecule has 1 atom stereocenters. The second-order valence-corrected chi connectivity index (χ2v) is 11.5. The minimum Gasteiger partial charge on any atom is -0.508 e. The van der Waals surface area contributed by atoms with Crippen LogP contribution in [0, 0.1) is 0 Å². The van der Waals surface area contributed by atoms with Crippen LogP contribution in [-0.2, 0) is 9.59 Å². The predicted molar refractivity (Wildman–Crippen MR) is 177 cm³/mol. The fourth-order valence-corrected chi connectivity index (χ4v) is 5.42. The first-order valence-electron chi connectivity index (χ1n) is 13.5. The minimum atomic E-state index is -0.591. The average molecular weight is 651 g/mol. The molecule has 4 N–H and O–H groups in total. The number of halogens is 2. The van der Waals surface area contributed by atoms with Crippen molar-refractivity contribution in [3.8, 4) is 11.5 Å². The standard InChI is InChI=1S/C33H29Cl2N3O5S/c1-3-29(33(42)37-26-14-8-13-25(34)30(26)35)44-24-12-7-11-22(18-24)36-32(41)27(38-31(40)20-9-5-4-6-10-20)17-21-15-16-23(39)19-28(21)43-2/h4-19,29,39H,3H2,1-2H3,(H,36,41)(H,37,42)(H,38,40)/b27-17+. The zero-order valence-electron chi connectivity index (χ0n) is 23.8. The van der Waals surface area contributed by atoms with Crippen molar-refractivity contribution in [2.45, 2.75) is 23.5 Å². The lowest BCUT2D eigenvalue weighted by atomic mass is 10.1. The summed E-state index contributed by atoms with van der Waals surface area (Å²) >= 11 is 13.6. The largest absolute Gasteiger partial charge is 0.508 e. The fourth-order valence-electron chi connectivity index (χ4n) is 4.06. The van der Waals surface area contributed by atoms with Gasteiger partial charge in [-0.05, 0) is 67.1 Å². The van der Waals surface area contributed by atoms with Gasteiger partial charge in [-0.1, -0.05) is 60.5 Å². The molecule has 0 aliphatic carbocycles. The number of hydrogen-bond donors (Lipinski definition) is 4. The molecule has 0 saturated heterocycles. The van der Waals surface area contributed by atoms with Crippen LogP contribution >= 0.6 is 35.0 Å². The lowest BCUT2D eigenvalue weighted by Crippen LogP contribution is -2.30. The normalized spacial score (nSPS) is 11.8. The quantitative estimate of drug-likeness (QED) is 0.0980. The molecule has 44 heavy (non-hydrogen) atoms. The first kappa shape index (κ1) is 32.5. The van der Waals surface area contributed by atoms with Crippen LogP contribution in [0.3, 0.4) is 0 Å². The molecule has 8 nitrogen and oxygen atoms in total.